The van der Waals surface area contributed by atoms with E-state index in [1.807, 2.05) is 0 Å². The Morgan fingerprint density at radius 3 is 2.26 bits per heavy atom. The van der Waals surface area contributed by atoms with Gasteiger partial charge in [-0.1, -0.05) is 23.7 Å². The third-order valence-corrected chi connectivity index (χ3v) is 4.72. The first-order valence-electron chi connectivity index (χ1n) is 9.32. The number of carboxylic acid groups (broad SMARTS) is 1. The van der Waals surface area contributed by atoms with Crippen LogP contribution in [0.4, 0.5) is 5.69 Å². The van der Waals surface area contributed by atoms with Gasteiger partial charge in [-0.25, -0.2) is 0 Å². The van der Waals surface area contributed by atoms with E-state index in [1.165, 1.54) is 11.8 Å². The molecule has 160 valence electrons. The van der Waals surface area contributed by atoms with Crippen LogP contribution in [0.3, 0.4) is 0 Å². The SMILES string of the molecule is COc1ccc(NC(=O)C(=O)Nn2c(CCC(=O)O)ccc2-c2ccc(Cl)cc2)cc1. The van der Waals surface area contributed by atoms with E-state index in [0.717, 1.165) is 5.56 Å². The molecule has 0 saturated heterocycles. The molecule has 1 heterocycles. The summed E-state index contributed by atoms with van der Waals surface area (Å²) in [5.41, 5.74) is 4.85. The zero-order chi connectivity index (χ0) is 22.4. The highest BCUT2D eigenvalue weighted by Crippen LogP contribution is 2.24. The van der Waals surface area contributed by atoms with Crippen LogP contribution >= 0.6 is 11.6 Å². The van der Waals surface area contributed by atoms with Gasteiger partial charge in [-0.2, -0.15) is 0 Å². The number of carbonyl (C=O) groups excluding carboxylic acids is 2. The maximum Gasteiger partial charge on any atom is 0.328 e. The van der Waals surface area contributed by atoms with Crippen LogP contribution in [0, 0.1) is 0 Å². The number of aromatic nitrogens is 1. The van der Waals surface area contributed by atoms with Crippen LogP contribution in [-0.4, -0.2) is 34.7 Å². The van der Waals surface area contributed by atoms with Gasteiger partial charge in [-0.05, 0) is 48.5 Å². The number of aryl methyl sites for hydroxylation is 1. The molecule has 0 radical (unpaired) electrons. The summed E-state index contributed by atoms with van der Waals surface area (Å²) in [4.78, 5) is 35.9. The predicted molar refractivity (Wildman–Crippen MR) is 117 cm³/mol. The number of benzene rings is 2. The minimum absolute atomic E-state index is 0.127. The maximum atomic E-state index is 12.6. The molecule has 2 amide bonds. The zero-order valence-corrected chi connectivity index (χ0v) is 17.3. The number of ether oxygens (including phenoxy) is 1. The highest BCUT2D eigenvalue weighted by atomic mass is 35.5. The summed E-state index contributed by atoms with van der Waals surface area (Å²) in [6.45, 7) is 0. The van der Waals surface area contributed by atoms with Crippen molar-refractivity contribution in [1.82, 2.24) is 4.68 Å². The van der Waals surface area contributed by atoms with E-state index in [0.29, 0.717) is 27.8 Å². The molecule has 0 aliphatic rings. The average Bonchev–Trinajstić information content (AvgIpc) is 3.15. The molecule has 0 aliphatic heterocycles. The molecule has 0 spiro atoms. The van der Waals surface area contributed by atoms with E-state index < -0.39 is 17.8 Å². The molecule has 8 nitrogen and oxygen atoms in total. The van der Waals surface area contributed by atoms with Crippen molar-refractivity contribution in [3.8, 4) is 17.0 Å². The Bertz CT molecular complexity index is 1090. The second-order valence-corrected chi connectivity index (χ2v) is 7.01. The number of amides is 2. The summed E-state index contributed by atoms with van der Waals surface area (Å²) >= 11 is 5.95. The Morgan fingerprint density at radius 2 is 1.65 bits per heavy atom. The fraction of sp³-hybridized carbons (Fsp3) is 0.136. The van der Waals surface area contributed by atoms with Crippen LogP contribution < -0.4 is 15.5 Å². The van der Waals surface area contributed by atoms with Crippen molar-refractivity contribution in [3.63, 3.8) is 0 Å². The Balaban J connectivity index is 1.82. The van der Waals surface area contributed by atoms with E-state index in [2.05, 4.69) is 10.7 Å². The smallest absolute Gasteiger partial charge is 0.328 e. The van der Waals surface area contributed by atoms with E-state index in [9.17, 15) is 14.4 Å². The molecule has 0 fully saturated rings. The second-order valence-electron chi connectivity index (χ2n) is 6.57. The van der Waals surface area contributed by atoms with Crippen molar-refractivity contribution in [3.05, 3.63) is 71.4 Å². The summed E-state index contributed by atoms with van der Waals surface area (Å²) in [7, 11) is 1.53. The normalized spacial score (nSPS) is 10.4. The van der Waals surface area contributed by atoms with Gasteiger partial charge in [0.1, 0.15) is 5.75 Å². The van der Waals surface area contributed by atoms with Gasteiger partial charge < -0.3 is 15.2 Å². The molecule has 2 aromatic carbocycles. The van der Waals surface area contributed by atoms with Crippen molar-refractivity contribution in [2.24, 2.45) is 0 Å². The van der Waals surface area contributed by atoms with Crippen LogP contribution in [0.2, 0.25) is 5.02 Å². The molecule has 0 unspecified atom stereocenters. The first-order chi connectivity index (χ1) is 14.9. The lowest BCUT2D eigenvalue weighted by atomic mass is 10.2. The summed E-state index contributed by atoms with van der Waals surface area (Å²) in [5.74, 6) is -2.13. The van der Waals surface area contributed by atoms with Gasteiger partial charge in [0.25, 0.3) is 0 Å². The number of nitrogens with zero attached hydrogens (tertiary/aromatic N) is 1. The maximum absolute atomic E-state index is 12.6. The van der Waals surface area contributed by atoms with Gasteiger partial charge >= 0.3 is 17.8 Å². The fourth-order valence-electron chi connectivity index (χ4n) is 2.90. The fourth-order valence-corrected chi connectivity index (χ4v) is 3.03. The first kappa shape index (κ1) is 21.9. The molecule has 9 heteroatoms. The lowest BCUT2D eigenvalue weighted by molar-refractivity contribution is -0.137. The lowest BCUT2D eigenvalue weighted by Gasteiger charge is -2.15. The second kappa shape index (κ2) is 9.82. The number of anilines is 1. The number of halogens is 1. The van der Waals surface area contributed by atoms with E-state index >= 15 is 0 Å². The van der Waals surface area contributed by atoms with Crippen LogP contribution in [0.15, 0.2) is 60.7 Å². The van der Waals surface area contributed by atoms with E-state index in [-0.39, 0.29) is 12.8 Å². The zero-order valence-electron chi connectivity index (χ0n) is 16.6. The molecule has 0 aliphatic carbocycles. The molecule has 0 saturated carbocycles. The Morgan fingerprint density at radius 1 is 0.968 bits per heavy atom. The standard InChI is InChI=1S/C22H20ClN3O5/c1-31-18-10-6-16(7-11-18)24-21(29)22(30)25-26-17(9-13-20(27)28)8-12-19(26)14-2-4-15(23)5-3-14/h2-8,10-12H,9,13H2,1H3,(H,24,29)(H,25,30)(H,27,28). The monoisotopic (exact) mass is 441 g/mol. The quantitative estimate of drug-likeness (QED) is 0.486. The van der Waals surface area contributed by atoms with Crippen molar-refractivity contribution >= 4 is 35.1 Å². The Labute approximate surface area is 183 Å². The number of nitrogens with one attached hydrogen (secondary N) is 2. The van der Waals surface area contributed by atoms with Crippen LogP contribution in [-0.2, 0) is 20.8 Å². The average molecular weight is 442 g/mol. The van der Waals surface area contributed by atoms with Gasteiger partial charge in [-0.15, -0.1) is 0 Å². The number of carbonyl (C=O) groups is 3. The number of hydrogen-bond donors (Lipinski definition) is 3. The van der Waals surface area contributed by atoms with Gasteiger partial charge in [-0.3, -0.25) is 24.5 Å². The molecular weight excluding hydrogens is 422 g/mol. The molecule has 31 heavy (non-hydrogen) atoms. The number of rotatable bonds is 7. The number of methoxy groups -OCH3 is 1. The summed E-state index contributed by atoms with van der Waals surface area (Å²) in [6.07, 6.45) is 0.0429. The molecular formula is C22H20ClN3O5. The van der Waals surface area contributed by atoms with Crippen LogP contribution in [0.25, 0.3) is 11.3 Å². The molecule has 0 bridgehead atoms. The summed E-state index contributed by atoms with van der Waals surface area (Å²) in [6, 6.07) is 16.9. The summed E-state index contributed by atoms with van der Waals surface area (Å²) in [5, 5.41) is 12.1. The number of hydrogen-bond acceptors (Lipinski definition) is 4. The highest BCUT2D eigenvalue weighted by Gasteiger charge is 2.19. The van der Waals surface area contributed by atoms with Crippen molar-refractivity contribution in [1.29, 1.82) is 0 Å². The van der Waals surface area contributed by atoms with Crippen molar-refractivity contribution < 1.29 is 24.2 Å². The lowest BCUT2D eigenvalue weighted by Crippen LogP contribution is -2.35. The minimum atomic E-state index is -0.968. The molecule has 3 aromatic rings. The molecule has 0 atom stereocenters. The Hall–Kier alpha value is -3.78. The van der Waals surface area contributed by atoms with E-state index in [4.69, 9.17) is 21.4 Å². The van der Waals surface area contributed by atoms with Crippen molar-refractivity contribution in [2.75, 3.05) is 17.9 Å². The van der Waals surface area contributed by atoms with Crippen LogP contribution in [0.1, 0.15) is 12.1 Å². The van der Waals surface area contributed by atoms with Gasteiger partial charge in [0, 0.05) is 28.4 Å². The van der Waals surface area contributed by atoms with E-state index in [1.54, 1.807) is 60.7 Å². The third kappa shape index (κ3) is 5.64. The first-order valence-corrected chi connectivity index (χ1v) is 9.70. The topological polar surface area (TPSA) is 110 Å². The van der Waals surface area contributed by atoms with Crippen LogP contribution in [0.5, 0.6) is 5.75 Å². The highest BCUT2D eigenvalue weighted by molar-refractivity contribution is 6.42. The number of aliphatic carboxylic acids is 1. The van der Waals surface area contributed by atoms with Gasteiger partial charge in [0.15, 0.2) is 0 Å². The van der Waals surface area contributed by atoms with Crippen molar-refractivity contribution in [2.45, 2.75) is 12.8 Å². The van der Waals surface area contributed by atoms with Gasteiger partial charge in [0.2, 0.25) is 0 Å². The molecule has 3 rings (SSSR count). The number of carboxylic acids is 1. The van der Waals surface area contributed by atoms with Gasteiger partial charge in [0.05, 0.1) is 19.2 Å². The third-order valence-electron chi connectivity index (χ3n) is 4.46. The summed E-state index contributed by atoms with van der Waals surface area (Å²) < 4.78 is 6.48. The molecule has 1 aromatic heterocycles. The largest absolute Gasteiger partial charge is 0.497 e. The molecule has 3 N–H and O–H groups in total. The predicted octanol–water partition coefficient (Wildman–Crippen LogP) is 3.54. The minimum Gasteiger partial charge on any atom is -0.497 e. The Kier molecular flexibility index (Phi) is 6.94.